The summed E-state index contributed by atoms with van der Waals surface area (Å²) < 4.78 is 63.7. The average molecular weight is 368 g/mol. The highest BCUT2D eigenvalue weighted by molar-refractivity contribution is 7.88. The van der Waals surface area contributed by atoms with Crippen molar-refractivity contribution in [2.24, 2.45) is 0 Å². The molecular formula is C14H19F3N2O4S. The smallest absolute Gasteiger partial charge is 0.367 e. The fraction of sp³-hybridized carbons (Fsp3) is 0.500. The molecule has 0 aliphatic rings. The third-order valence-corrected chi connectivity index (χ3v) is 4.24. The lowest BCUT2D eigenvalue weighted by Crippen LogP contribution is -2.37. The predicted octanol–water partition coefficient (Wildman–Crippen LogP) is 1.27. The molecule has 1 amide bonds. The van der Waals surface area contributed by atoms with Crippen molar-refractivity contribution in [1.82, 2.24) is 9.62 Å². The molecule has 1 rings (SSSR count). The van der Waals surface area contributed by atoms with Gasteiger partial charge in [-0.2, -0.15) is 17.5 Å². The normalized spacial score (nSPS) is 12.4. The molecule has 0 atom stereocenters. The Morgan fingerprint density at radius 2 is 1.75 bits per heavy atom. The first-order valence-electron chi connectivity index (χ1n) is 6.88. The van der Waals surface area contributed by atoms with Gasteiger partial charge in [-0.1, -0.05) is 24.3 Å². The largest absolute Gasteiger partial charge is 0.411 e. The van der Waals surface area contributed by atoms with Crippen molar-refractivity contribution in [3.05, 3.63) is 35.4 Å². The van der Waals surface area contributed by atoms with Crippen molar-refractivity contribution in [3.8, 4) is 0 Å². The van der Waals surface area contributed by atoms with E-state index >= 15 is 0 Å². The standard InChI is InChI=1S/C14H19F3N2O4S/c1-19(24(2,21)22)8-13(20)18-7-11-3-5-12(6-4-11)9-23-10-14(15,16)17/h3-6H,7-10H2,1-2H3,(H,18,20). The maximum absolute atomic E-state index is 12.0. The molecule has 0 fully saturated rings. The van der Waals surface area contributed by atoms with Gasteiger partial charge in [0.25, 0.3) is 0 Å². The Morgan fingerprint density at radius 3 is 2.25 bits per heavy atom. The monoisotopic (exact) mass is 368 g/mol. The molecule has 0 bridgehead atoms. The van der Waals surface area contributed by atoms with Crippen LogP contribution in [-0.4, -0.2) is 51.3 Å². The minimum absolute atomic E-state index is 0.161. The molecule has 1 aromatic carbocycles. The summed E-state index contributed by atoms with van der Waals surface area (Å²) >= 11 is 0. The van der Waals surface area contributed by atoms with Gasteiger partial charge in [0.15, 0.2) is 0 Å². The van der Waals surface area contributed by atoms with Crippen LogP contribution in [-0.2, 0) is 32.7 Å². The van der Waals surface area contributed by atoms with Gasteiger partial charge in [-0.3, -0.25) is 4.79 Å². The van der Waals surface area contributed by atoms with Crippen molar-refractivity contribution < 1.29 is 31.1 Å². The van der Waals surface area contributed by atoms with Crippen LogP contribution >= 0.6 is 0 Å². The van der Waals surface area contributed by atoms with Gasteiger partial charge in [-0.05, 0) is 11.1 Å². The summed E-state index contributed by atoms with van der Waals surface area (Å²) in [6.07, 6.45) is -3.36. The van der Waals surface area contributed by atoms with Crippen LogP contribution in [0.2, 0.25) is 0 Å². The van der Waals surface area contributed by atoms with Crippen molar-refractivity contribution in [2.75, 3.05) is 26.5 Å². The minimum atomic E-state index is -4.36. The Bertz CT molecular complexity index is 645. The number of alkyl halides is 3. The molecule has 10 heteroatoms. The quantitative estimate of drug-likeness (QED) is 0.750. The van der Waals surface area contributed by atoms with Gasteiger partial charge in [0.05, 0.1) is 19.4 Å². The molecule has 0 aliphatic heterocycles. The van der Waals surface area contributed by atoms with E-state index in [0.717, 1.165) is 16.1 Å². The van der Waals surface area contributed by atoms with E-state index in [2.05, 4.69) is 10.1 Å². The molecule has 6 nitrogen and oxygen atoms in total. The lowest BCUT2D eigenvalue weighted by Gasteiger charge is -2.13. The molecule has 0 spiro atoms. The van der Waals surface area contributed by atoms with Gasteiger partial charge < -0.3 is 10.1 Å². The van der Waals surface area contributed by atoms with E-state index < -0.39 is 28.7 Å². The topological polar surface area (TPSA) is 75.7 Å². The van der Waals surface area contributed by atoms with Crippen molar-refractivity contribution in [1.29, 1.82) is 0 Å². The fourth-order valence-corrected chi connectivity index (χ4v) is 1.97. The second kappa shape index (κ2) is 8.45. The number of hydrogen-bond acceptors (Lipinski definition) is 4. The number of nitrogens with one attached hydrogen (secondary N) is 1. The maximum Gasteiger partial charge on any atom is 0.411 e. The molecule has 1 aromatic rings. The zero-order chi connectivity index (χ0) is 18.4. The highest BCUT2D eigenvalue weighted by Crippen LogP contribution is 2.15. The van der Waals surface area contributed by atoms with Crippen molar-refractivity contribution >= 4 is 15.9 Å². The summed E-state index contributed by atoms with van der Waals surface area (Å²) in [4.78, 5) is 11.6. The summed E-state index contributed by atoms with van der Waals surface area (Å²) in [5.74, 6) is -0.458. The van der Waals surface area contributed by atoms with Gasteiger partial charge in [0.1, 0.15) is 6.61 Å². The number of ether oxygens (including phenoxy) is 1. The first-order chi connectivity index (χ1) is 11.0. The Balaban J connectivity index is 2.40. The number of halogens is 3. The SMILES string of the molecule is CN(CC(=O)NCc1ccc(COCC(F)(F)F)cc1)S(C)(=O)=O. The van der Waals surface area contributed by atoms with Crippen LogP contribution in [0.3, 0.4) is 0 Å². The summed E-state index contributed by atoms with van der Waals surface area (Å²) in [6.45, 7) is -1.58. The number of hydrogen-bond donors (Lipinski definition) is 1. The zero-order valence-electron chi connectivity index (χ0n) is 13.3. The Labute approximate surface area is 138 Å². The van der Waals surface area contributed by atoms with Gasteiger partial charge in [-0.25, -0.2) is 8.42 Å². The lowest BCUT2D eigenvalue weighted by atomic mass is 10.1. The van der Waals surface area contributed by atoms with Gasteiger partial charge in [0, 0.05) is 13.6 Å². The maximum atomic E-state index is 12.0. The number of amides is 1. The predicted molar refractivity (Wildman–Crippen MR) is 81.5 cm³/mol. The average Bonchev–Trinajstić information content (AvgIpc) is 2.44. The lowest BCUT2D eigenvalue weighted by molar-refractivity contribution is -0.176. The van der Waals surface area contributed by atoms with E-state index in [0.29, 0.717) is 5.56 Å². The van der Waals surface area contributed by atoms with Crippen LogP contribution in [0.5, 0.6) is 0 Å². The number of sulfonamides is 1. The Kier molecular flexibility index (Phi) is 7.18. The number of likely N-dealkylation sites (N-methyl/N-ethyl adjacent to an activating group) is 1. The number of carbonyl (C=O) groups is 1. The highest BCUT2D eigenvalue weighted by atomic mass is 32.2. The highest BCUT2D eigenvalue weighted by Gasteiger charge is 2.27. The first kappa shape index (κ1) is 20.4. The van der Waals surface area contributed by atoms with Crippen LogP contribution in [0.4, 0.5) is 13.2 Å². The van der Waals surface area contributed by atoms with E-state index in [1.165, 1.54) is 7.05 Å². The molecule has 0 saturated carbocycles. The third-order valence-electron chi connectivity index (χ3n) is 2.98. The third kappa shape index (κ3) is 8.27. The molecule has 0 heterocycles. The van der Waals surface area contributed by atoms with Crippen LogP contribution in [0, 0.1) is 0 Å². The van der Waals surface area contributed by atoms with Crippen LogP contribution < -0.4 is 5.32 Å². The first-order valence-corrected chi connectivity index (χ1v) is 8.72. The molecule has 24 heavy (non-hydrogen) atoms. The number of nitrogens with zero attached hydrogens (tertiary/aromatic N) is 1. The summed E-state index contributed by atoms with van der Waals surface area (Å²) in [7, 11) is -2.13. The molecule has 0 saturated heterocycles. The Hall–Kier alpha value is -1.65. The van der Waals surface area contributed by atoms with Gasteiger partial charge in [0.2, 0.25) is 15.9 Å². The zero-order valence-corrected chi connectivity index (χ0v) is 14.1. The van der Waals surface area contributed by atoms with Gasteiger partial charge in [-0.15, -0.1) is 0 Å². The van der Waals surface area contributed by atoms with E-state index in [-0.39, 0.29) is 19.7 Å². The van der Waals surface area contributed by atoms with E-state index in [1.54, 1.807) is 24.3 Å². The summed E-state index contributed by atoms with van der Waals surface area (Å²) in [6, 6.07) is 6.49. The molecule has 0 aliphatic carbocycles. The molecular weight excluding hydrogens is 349 g/mol. The molecule has 1 N–H and O–H groups in total. The summed E-state index contributed by atoms with van der Waals surface area (Å²) in [5.41, 5.74) is 1.30. The van der Waals surface area contributed by atoms with E-state index in [9.17, 15) is 26.4 Å². The molecule has 0 aromatic heterocycles. The number of rotatable bonds is 8. The molecule has 0 unspecified atom stereocenters. The van der Waals surface area contributed by atoms with Gasteiger partial charge >= 0.3 is 6.18 Å². The van der Waals surface area contributed by atoms with Crippen molar-refractivity contribution in [3.63, 3.8) is 0 Å². The van der Waals surface area contributed by atoms with Crippen LogP contribution in [0.1, 0.15) is 11.1 Å². The fourth-order valence-electron chi connectivity index (χ4n) is 1.61. The van der Waals surface area contributed by atoms with Crippen molar-refractivity contribution in [2.45, 2.75) is 19.3 Å². The van der Waals surface area contributed by atoms with Crippen LogP contribution in [0.15, 0.2) is 24.3 Å². The van der Waals surface area contributed by atoms with E-state index in [1.807, 2.05) is 0 Å². The molecule has 136 valence electrons. The minimum Gasteiger partial charge on any atom is -0.367 e. The van der Waals surface area contributed by atoms with Crippen LogP contribution in [0.25, 0.3) is 0 Å². The Morgan fingerprint density at radius 1 is 1.21 bits per heavy atom. The number of benzene rings is 1. The second-order valence-corrected chi connectivity index (χ2v) is 7.31. The number of carbonyl (C=O) groups excluding carboxylic acids is 1. The van der Waals surface area contributed by atoms with E-state index in [4.69, 9.17) is 0 Å². The second-order valence-electron chi connectivity index (χ2n) is 5.22. The molecule has 0 radical (unpaired) electrons. The summed E-state index contributed by atoms with van der Waals surface area (Å²) in [5, 5.41) is 2.56.